The van der Waals surface area contributed by atoms with Gasteiger partial charge in [0.25, 0.3) is 0 Å². The van der Waals surface area contributed by atoms with Gasteiger partial charge in [0.2, 0.25) is 5.91 Å². The highest BCUT2D eigenvalue weighted by atomic mass is 16.2. The van der Waals surface area contributed by atoms with Crippen LogP contribution in [0.4, 0.5) is 5.69 Å². The summed E-state index contributed by atoms with van der Waals surface area (Å²) in [4.78, 5) is 15.1. The lowest BCUT2D eigenvalue weighted by molar-refractivity contribution is -0.116. The molecule has 76 valence electrons. The highest BCUT2D eigenvalue weighted by Crippen LogP contribution is 2.05. The molecule has 0 radical (unpaired) electrons. The molecule has 2 N–H and O–H groups in total. The number of nitrogens with zero attached hydrogens (tertiary/aromatic N) is 1. The summed E-state index contributed by atoms with van der Waals surface area (Å²) in [6.07, 6.45) is 5.09. The van der Waals surface area contributed by atoms with Crippen molar-refractivity contribution in [3.05, 3.63) is 24.5 Å². The van der Waals surface area contributed by atoms with Crippen LogP contribution in [0.3, 0.4) is 0 Å². The van der Waals surface area contributed by atoms with E-state index in [4.69, 9.17) is 5.11 Å². The number of nitrogens with one attached hydrogen (secondary N) is 1. The molecular weight excluding hydrogens is 180 g/mol. The Morgan fingerprint density at radius 1 is 1.36 bits per heavy atom. The topological polar surface area (TPSA) is 62.2 Å². The Kier molecular flexibility index (Phi) is 4.64. The lowest BCUT2D eigenvalue weighted by atomic mass is 10.2. The third-order valence-electron chi connectivity index (χ3n) is 1.78. The number of rotatable bonds is 5. The summed E-state index contributed by atoms with van der Waals surface area (Å²) >= 11 is 0. The lowest BCUT2D eigenvalue weighted by Crippen LogP contribution is -2.11. The summed E-state index contributed by atoms with van der Waals surface area (Å²) in [7, 11) is 0. The third kappa shape index (κ3) is 4.00. The number of amides is 1. The van der Waals surface area contributed by atoms with Gasteiger partial charge >= 0.3 is 0 Å². The second kappa shape index (κ2) is 6.10. The van der Waals surface area contributed by atoms with Gasteiger partial charge in [0.1, 0.15) is 0 Å². The summed E-state index contributed by atoms with van der Waals surface area (Å²) in [6, 6.07) is 3.48. The van der Waals surface area contributed by atoms with Gasteiger partial charge in [0, 0.05) is 31.1 Å². The third-order valence-corrected chi connectivity index (χ3v) is 1.78. The number of anilines is 1. The second-order valence-corrected chi connectivity index (χ2v) is 2.96. The normalized spacial score (nSPS) is 9.79. The van der Waals surface area contributed by atoms with Gasteiger partial charge in [-0.1, -0.05) is 0 Å². The van der Waals surface area contributed by atoms with E-state index >= 15 is 0 Å². The molecular formula is C10H14N2O2. The fourth-order valence-corrected chi connectivity index (χ4v) is 1.06. The fraction of sp³-hybridized carbons (Fsp3) is 0.400. The number of hydrogen-bond acceptors (Lipinski definition) is 3. The molecule has 0 aliphatic rings. The Bertz CT molecular complexity index is 275. The van der Waals surface area contributed by atoms with Gasteiger partial charge in [-0.2, -0.15) is 0 Å². The van der Waals surface area contributed by atoms with E-state index in [1.807, 2.05) is 0 Å². The zero-order valence-corrected chi connectivity index (χ0v) is 7.94. The van der Waals surface area contributed by atoms with Crippen molar-refractivity contribution in [3.8, 4) is 0 Å². The first-order valence-electron chi connectivity index (χ1n) is 4.63. The number of aliphatic hydroxyl groups is 1. The van der Waals surface area contributed by atoms with E-state index in [1.165, 1.54) is 0 Å². The average molecular weight is 194 g/mol. The summed E-state index contributed by atoms with van der Waals surface area (Å²) in [5.74, 6) is -0.0235. The van der Waals surface area contributed by atoms with Crippen LogP contribution in [0.2, 0.25) is 0 Å². The first-order chi connectivity index (χ1) is 6.83. The van der Waals surface area contributed by atoms with Crippen molar-refractivity contribution >= 4 is 11.6 Å². The maximum absolute atomic E-state index is 11.3. The van der Waals surface area contributed by atoms with Crippen LogP contribution in [0, 0.1) is 0 Å². The molecule has 0 unspecified atom stereocenters. The number of aromatic nitrogens is 1. The maximum Gasteiger partial charge on any atom is 0.224 e. The van der Waals surface area contributed by atoms with Gasteiger partial charge in [-0.05, 0) is 25.0 Å². The van der Waals surface area contributed by atoms with Crippen LogP contribution in [0.5, 0.6) is 0 Å². The van der Waals surface area contributed by atoms with Crippen LogP contribution in [0.15, 0.2) is 24.5 Å². The Morgan fingerprint density at radius 3 is 2.71 bits per heavy atom. The molecule has 1 rings (SSSR count). The number of pyridine rings is 1. The number of carbonyl (C=O) groups excluding carboxylic acids is 1. The summed E-state index contributed by atoms with van der Waals surface area (Å²) in [5, 5.41) is 11.3. The Labute approximate surface area is 83.0 Å². The lowest BCUT2D eigenvalue weighted by Gasteiger charge is -2.03. The highest BCUT2D eigenvalue weighted by Gasteiger charge is 2.00. The molecule has 0 aromatic carbocycles. The van der Waals surface area contributed by atoms with Gasteiger partial charge in [0.15, 0.2) is 0 Å². The van der Waals surface area contributed by atoms with Crippen LogP contribution >= 0.6 is 0 Å². The molecule has 4 nitrogen and oxygen atoms in total. The molecule has 1 heterocycles. The Balaban J connectivity index is 2.27. The fourth-order valence-electron chi connectivity index (χ4n) is 1.06. The molecule has 0 aliphatic heterocycles. The van der Waals surface area contributed by atoms with Gasteiger partial charge in [0.05, 0.1) is 0 Å². The van der Waals surface area contributed by atoms with Crippen LogP contribution in [-0.2, 0) is 4.79 Å². The van der Waals surface area contributed by atoms with Crippen molar-refractivity contribution in [2.45, 2.75) is 19.3 Å². The minimum atomic E-state index is -0.0235. The summed E-state index contributed by atoms with van der Waals surface area (Å²) < 4.78 is 0. The summed E-state index contributed by atoms with van der Waals surface area (Å²) in [5.41, 5.74) is 0.758. The van der Waals surface area contributed by atoms with Crippen molar-refractivity contribution in [2.24, 2.45) is 0 Å². The Hall–Kier alpha value is -1.42. The highest BCUT2D eigenvalue weighted by molar-refractivity contribution is 5.90. The first-order valence-corrected chi connectivity index (χ1v) is 4.63. The molecule has 1 aromatic rings. The van der Waals surface area contributed by atoms with Gasteiger partial charge < -0.3 is 10.4 Å². The average Bonchev–Trinajstić information content (AvgIpc) is 2.20. The minimum absolute atomic E-state index is 0.0235. The van der Waals surface area contributed by atoms with Crippen LogP contribution in [0.25, 0.3) is 0 Å². The van der Waals surface area contributed by atoms with Crippen LogP contribution in [0.1, 0.15) is 19.3 Å². The number of unbranched alkanes of at least 4 members (excludes halogenated alkanes) is 1. The molecule has 4 heteroatoms. The molecule has 1 aromatic heterocycles. The predicted molar refractivity (Wildman–Crippen MR) is 53.8 cm³/mol. The van der Waals surface area contributed by atoms with Crippen LogP contribution in [-0.4, -0.2) is 22.6 Å². The number of carbonyl (C=O) groups is 1. The molecule has 0 saturated carbocycles. The zero-order valence-electron chi connectivity index (χ0n) is 7.94. The molecule has 0 bridgehead atoms. The largest absolute Gasteiger partial charge is 0.396 e. The van der Waals surface area contributed by atoms with Gasteiger partial charge in [-0.25, -0.2) is 0 Å². The maximum atomic E-state index is 11.3. The van der Waals surface area contributed by atoms with Crippen molar-refractivity contribution < 1.29 is 9.90 Å². The summed E-state index contributed by atoms with van der Waals surface area (Å²) in [6.45, 7) is 0.141. The van der Waals surface area contributed by atoms with E-state index < -0.39 is 0 Å². The molecule has 0 atom stereocenters. The van der Waals surface area contributed by atoms with E-state index in [-0.39, 0.29) is 12.5 Å². The molecule has 0 saturated heterocycles. The minimum Gasteiger partial charge on any atom is -0.396 e. The second-order valence-electron chi connectivity index (χ2n) is 2.96. The van der Waals surface area contributed by atoms with Gasteiger partial charge in [-0.3, -0.25) is 9.78 Å². The molecule has 0 spiro atoms. The van der Waals surface area contributed by atoms with Crippen molar-refractivity contribution in [3.63, 3.8) is 0 Å². The quantitative estimate of drug-likeness (QED) is 0.692. The molecule has 14 heavy (non-hydrogen) atoms. The molecule has 1 amide bonds. The monoisotopic (exact) mass is 194 g/mol. The zero-order chi connectivity index (χ0) is 10.2. The van der Waals surface area contributed by atoms with E-state index in [1.54, 1.807) is 24.5 Å². The van der Waals surface area contributed by atoms with E-state index in [2.05, 4.69) is 10.3 Å². The first kappa shape index (κ1) is 10.7. The number of hydrogen-bond donors (Lipinski definition) is 2. The Morgan fingerprint density at radius 2 is 2.07 bits per heavy atom. The SMILES string of the molecule is O=C(CCCCO)Nc1ccncc1. The molecule has 0 aliphatic carbocycles. The van der Waals surface area contributed by atoms with E-state index in [0.717, 1.165) is 5.69 Å². The molecule has 0 fully saturated rings. The van der Waals surface area contributed by atoms with Gasteiger partial charge in [-0.15, -0.1) is 0 Å². The van der Waals surface area contributed by atoms with E-state index in [0.29, 0.717) is 19.3 Å². The smallest absolute Gasteiger partial charge is 0.224 e. The standard InChI is InChI=1S/C10H14N2O2/c13-8-2-1-3-10(14)12-9-4-6-11-7-5-9/h4-7,13H,1-3,8H2,(H,11,12,14). The van der Waals surface area contributed by atoms with Crippen LogP contribution < -0.4 is 5.32 Å². The van der Waals surface area contributed by atoms with E-state index in [9.17, 15) is 4.79 Å². The number of aliphatic hydroxyl groups excluding tert-OH is 1. The predicted octanol–water partition coefficient (Wildman–Crippen LogP) is 1.18. The van der Waals surface area contributed by atoms with Crippen molar-refractivity contribution in [2.75, 3.05) is 11.9 Å². The van der Waals surface area contributed by atoms with Crippen molar-refractivity contribution in [1.82, 2.24) is 4.98 Å². The van der Waals surface area contributed by atoms with Crippen molar-refractivity contribution in [1.29, 1.82) is 0 Å².